The van der Waals surface area contributed by atoms with Gasteiger partial charge in [0.1, 0.15) is 0 Å². The Bertz CT molecular complexity index is 451. The van der Waals surface area contributed by atoms with Gasteiger partial charge in [0, 0.05) is 5.54 Å². The molecular weight excluding hydrogens is 306 g/mol. The van der Waals surface area contributed by atoms with Crippen LogP contribution in [0.25, 0.3) is 0 Å². The molecular formula is C20H34ClNO. The second-order valence-corrected chi connectivity index (χ2v) is 7.22. The van der Waals surface area contributed by atoms with Crippen LogP contribution in [0.4, 0.5) is 0 Å². The van der Waals surface area contributed by atoms with Gasteiger partial charge in [0.15, 0.2) is 0 Å². The maximum atomic E-state index is 9.42. The van der Waals surface area contributed by atoms with E-state index in [1.807, 2.05) is 0 Å². The van der Waals surface area contributed by atoms with Gasteiger partial charge < -0.3 is 10.8 Å². The van der Waals surface area contributed by atoms with Gasteiger partial charge in [-0.3, -0.25) is 0 Å². The summed E-state index contributed by atoms with van der Waals surface area (Å²) in [6, 6.07) is 9.06. The summed E-state index contributed by atoms with van der Waals surface area (Å²) in [7, 11) is 0. The molecule has 0 spiro atoms. The molecule has 1 aromatic carbocycles. The SMILES string of the molecule is CCCCCCCCc1cccc(C2CCC(N)(CO)C2)c1.Cl. The molecule has 3 heteroatoms. The third-order valence-electron chi connectivity index (χ3n) is 5.20. The minimum Gasteiger partial charge on any atom is -0.394 e. The van der Waals surface area contributed by atoms with E-state index in [-0.39, 0.29) is 24.6 Å². The monoisotopic (exact) mass is 339 g/mol. The first-order chi connectivity index (χ1) is 10.7. The minimum absolute atomic E-state index is 0. The molecule has 0 bridgehead atoms. The van der Waals surface area contributed by atoms with Crippen molar-refractivity contribution in [3.05, 3.63) is 35.4 Å². The van der Waals surface area contributed by atoms with E-state index in [4.69, 9.17) is 5.73 Å². The van der Waals surface area contributed by atoms with Crippen molar-refractivity contribution in [1.29, 1.82) is 0 Å². The number of nitrogens with two attached hydrogens (primary N) is 1. The zero-order valence-electron chi connectivity index (χ0n) is 14.6. The summed E-state index contributed by atoms with van der Waals surface area (Å²) in [6.45, 7) is 2.38. The first-order valence-electron chi connectivity index (χ1n) is 9.15. The number of hydrogen-bond donors (Lipinski definition) is 2. The van der Waals surface area contributed by atoms with Gasteiger partial charge in [-0.25, -0.2) is 0 Å². The maximum Gasteiger partial charge on any atom is 0.0611 e. The summed E-state index contributed by atoms with van der Waals surface area (Å²) in [5.74, 6) is 0.529. The van der Waals surface area contributed by atoms with E-state index in [1.165, 1.54) is 56.1 Å². The highest BCUT2D eigenvalue weighted by Gasteiger charge is 2.35. The summed E-state index contributed by atoms with van der Waals surface area (Å²) in [4.78, 5) is 0. The molecule has 2 unspecified atom stereocenters. The van der Waals surface area contributed by atoms with Crippen LogP contribution in [0.2, 0.25) is 0 Å². The first-order valence-corrected chi connectivity index (χ1v) is 9.15. The fraction of sp³-hybridized carbons (Fsp3) is 0.700. The Balaban J connectivity index is 0.00000264. The molecule has 1 saturated carbocycles. The molecule has 1 aromatic rings. The number of halogens is 1. The topological polar surface area (TPSA) is 46.2 Å². The van der Waals surface area contributed by atoms with Crippen molar-refractivity contribution in [3.8, 4) is 0 Å². The van der Waals surface area contributed by atoms with Crippen LogP contribution in [-0.2, 0) is 6.42 Å². The average molecular weight is 340 g/mol. The zero-order valence-corrected chi connectivity index (χ0v) is 15.4. The van der Waals surface area contributed by atoms with Gasteiger partial charge in [0.25, 0.3) is 0 Å². The summed E-state index contributed by atoms with van der Waals surface area (Å²) in [5, 5.41) is 9.42. The van der Waals surface area contributed by atoms with Gasteiger partial charge in [0.05, 0.1) is 6.61 Å². The molecule has 0 radical (unpaired) electrons. The molecule has 2 rings (SSSR count). The zero-order chi connectivity index (χ0) is 15.8. The Kier molecular flexibility index (Phi) is 9.19. The van der Waals surface area contributed by atoms with Crippen LogP contribution in [-0.4, -0.2) is 17.3 Å². The van der Waals surface area contributed by atoms with Crippen LogP contribution in [0.3, 0.4) is 0 Å². The Morgan fingerprint density at radius 1 is 1.17 bits per heavy atom. The molecule has 1 aliphatic carbocycles. The maximum absolute atomic E-state index is 9.42. The molecule has 0 heterocycles. The lowest BCUT2D eigenvalue weighted by molar-refractivity contribution is 0.198. The van der Waals surface area contributed by atoms with Crippen LogP contribution in [0.5, 0.6) is 0 Å². The molecule has 1 aliphatic rings. The van der Waals surface area contributed by atoms with E-state index in [0.29, 0.717) is 5.92 Å². The normalized spacial score (nSPS) is 23.7. The largest absolute Gasteiger partial charge is 0.394 e. The molecule has 0 aliphatic heterocycles. The molecule has 0 aromatic heterocycles. The molecule has 1 fully saturated rings. The Morgan fingerprint density at radius 2 is 1.91 bits per heavy atom. The van der Waals surface area contributed by atoms with Crippen LogP contribution < -0.4 is 5.73 Å². The van der Waals surface area contributed by atoms with Gasteiger partial charge in [0.2, 0.25) is 0 Å². The quantitative estimate of drug-likeness (QED) is 0.624. The Hall–Kier alpha value is -0.570. The summed E-state index contributed by atoms with van der Waals surface area (Å²) >= 11 is 0. The number of aliphatic hydroxyl groups is 1. The molecule has 3 N–H and O–H groups in total. The van der Waals surface area contributed by atoms with Crippen molar-refractivity contribution in [2.75, 3.05) is 6.61 Å². The van der Waals surface area contributed by atoms with Crippen molar-refractivity contribution in [1.82, 2.24) is 0 Å². The number of rotatable bonds is 9. The van der Waals surface area contributed by atoms with Gasteiger partial charge in [-0.15, -0.1) is 12.4 Å². The smallest absolute Gasteiger partial charge is 0.0611 e. The average Bonchev–Trinajstić information content (AvgIpc) is 2.94. The molecule has 132 valence electrons. The van der Waals surface area contributed by atoms with Crippen molar-refractivity contribution in [2.24, 2.45) is 5.73 Å². The highest BCUT2D eigenvalue weighted by atomic mass is 35.5. The van der Waals surface area contributed by atoms with Gasteiger partial charge >= 0.3 is 0 Å². The minimum atomic E-state index is -0.347. The number of aliphatic hydroxyl groups excluding tert-OH is 1. The van der Waals surface area contributed by atoms with Crippen molar-refractivity contribution in [2.45, 2.75) is 82.6 Å². The lowest BCUT2D eigenvalue weighted by Crippen LogP contribution is -2.40. The van der Waals surface area contributed by atoms with E-state index >= 15 is 0 Å². The summed E-state index contributed by atoms with van der Waals surface area (Å²) in [6.07, 6.45) is 12.3. The van der Waals surface area contributed by atoms with Gasteiger partial charge in [-0.05, 0) is 49.1 Å². The number of benzene rings is 1. The van der Waals surface area contributed by atoms with Crippen LogP contribution in [0.1, 0.15) is 81.8 Å². The second kappa shape index (κ2) is 10.3. The Morgan fingerprint density at radius 3 is 2.61 bits per heavy atom. The van der Waals surface area contributed by atoms with Crippen molar-refractivity contribution in [3.63, 3.8) is 0 Å². The molecule has 23 heavy (non-hydrogen) atoms. The summed E-state index contributed by atoms with van der Waals surface area (Å²) in [5.41, 5.74) is 8.75. The summed E-state index contributed by atoms with van der Waals surface area (Å²) < 4.78 is 0. The van der Waals surface area contributed by atoms with E-state index in [9.17, 15) is 5.11 Å². The van der Waals surface area contributed by atoms with Crippen LogP contribution in [0.15, 0.2) is 24.3 Å². The lowest BCUT2D eigenvalue weighted by Gasteiger charge is -2.21. The third kappa shape index (κ3) is 6.45. The highest BCUT2D eigenvalue weighted by Crippen LogP contribution is 2.39. The molecule has 0 saturated heterocycles. The van der Waals surface area contributed by atoms with E-state index in [2.05, 4.69) is 31.2 Å². The first kappa shape index (κ1) is 20.5. The van der Waals surface area contributed by atoms with Crippen molar-refractivity contribution >= 4 is 12.4 Å². The third-order valence-corrected chi connectivity index (χ3v) is 5.20. The molecule has 2 atom stereocenters. The molecule has 2 nitrogen and oxygen atoms in total. The fourth-order valence-electron chi connectivity index (χ4n) is 3.70. The van der Waals surface area contributed by atoms with Gasteiger partial charge in [-0.2, -0.15) is 0 Å². The predicted octanol–water partition coefficient (Wildman–Crippen LogP) is 4.97. The number of hydrogen-bond acceptors (Lipinski definition) is 2. The van der Waals surface area contributed by atoms with Gasteiger partial charge in [-0.1, -0.05) is 63.3 Å². The van der Waals surface area contributed by atoms with E-state index in [1.54, 1.807) is 0 Å². The van der Waals surface area contributed by atoms with Crippen LogP contribution >= 0.6 is 12.4 Å². The molecule has 0 amide bonds. The Labute approximate surface area is 148 Å². The van der Waals surface area contributed by atoms with E-state index < -0.39 is 0 Å². The highest BCUT2D eigenvalue weighted by molar-refractivity contribution is 5.85. The number of unbranched alkanes of at least 4 members (excludes halogenated alkanes) is 5. The lowest BCUT2D eigenvalue weighted by atomic mass is 9.92. The predicted molar refractivity (Wildman–Crippen MR) is 101 cm³/mol. The second-order valence-electron chi connectivity index (χ2n) is 7.22. The van der Waals surface area contributed by atoms with Crippen LogP contribution in [0, 0.1) is 0 Å². The fourth-order valence-corrected chi connectivity index (χ4v) is 3.70. The van der Waals surface area contributed by atoms with E-state index in [0.717, 1.165) is 19.3 Å². The standard InChI is InChI=1S/C20H33NO.ClH/c1-2-3-4-5-6-7-9-17-10-8-11-18(14-17)19-12-13-20(21,15-19)16-22;/h8,10-11,14,19,22H,2-7,9,12-13,15-16,21H2,1H3;1H. The van der Waals surface area contributed by atoms with Crippen molar-refractivity contribution < 1.29 is 5.11 Å². The number of aryl methyl sites for hydroxylation is 1.